The molecule has 0 atom stereocenters. The predicted octanol–water partition coefficient (Wildman–Crippen LogP) is 3.48. The van der Waals surface area contributed by atoms with Gasteiger partial charge in [-0.15, -0.1) is 0 Å². The van der Waals surface area contributed by atoms with E-state index in [-0.39, 0.29) is 10.7 Å². The number of thiocarbonyl (C=S) groups is 1. The fourth-order valence-corrected chi connectivity index (χ4v) is 3.78. The number of methoxy groups -OCH3 is 1. The van der Waals surface area contributed by atoms with Crippen LogP contribution in [0.5, 0.6) is 11.5 Å². The molecular weight excluding hydrogens is 503 g/mol. The quantitative estimate of drug-likeness (QED) is 0.261. The van der Waals surface area contributed by atoms with E-state index in [1.165, 1.54) is 9.80 Å². The fourth-order valence-electron chi connectivity index (χ4n) is 2.83. The van der Waals surface area contributed by atoms with Gasteiger partial charge in [0.05, 0.1) is 10.7 Å². The molecule has 0 aliphatic carbocycles. The van der Waals surface area contributed by atoms with E-state index in [0.29, 0.717) is 23.7 Å². The summed E-state index contributed by atoms with van der Waals surface area (Å²) >= 11 is 7.26. The van der Waals surface area contributed by atoms with Crippen molar-refractivity contribution in [3.05, 3.63) is 62.7 Å². The topological polar surface area (TPSA) is 59.1 Å². The van der Waals surface area contributed by atoms with E-state index in [2.05, 4.69) is 22.6 Å². The number of likely N-dealkylation sites (N-methyl/N-ethyl adjacent to an activating group) is 2. The Balaban J connectivity index is 1.92. The molecule has 2 aromatic carbocycles. The van der Waals surface area contributed by atoms with E-state index in [4.69, 9.17) is 21.7 Å². The molecule has 29 heavy (non-hydrogen) atoms. The van der Waals surface area contributed by atoms with E-state index in [1.54, 1.807) is 33.3 Å². The molecule has 8 heteroatoms. The number of hydrogen-bond acceptors (Lipinski definition) is 5. The van der Waals surface area contributed by atoms with E-state index < -0.39 is 11.8 Å². The highest BCUT2D eigenvalue weighted by Gasteiger charge is 2.35. The first-order valence-electron chi connectivity index (χ1n) is 8.69. The first-order valence-corrected chi connectivity index (χ1v) is 10.2. The summed E-state index contributed by atoms with van der Waals surface area (Å²) in [5, 5.41) is 0.175. The molecule has 0 bridgehead atoms. The van der Waals surface area contributed by atoms with Crippen molar-refractivity contribution in [1.82, 2.24) is 9.80 Å². The van der Waals surface area contributed by atoms with Crippen molar-refractivity contribution in [1.29, 1.82) is 0 Å². The number of amides is 2. The highest BCUT2D eigenvalue weighted by molar-refractivity contribution is 14.1. The number of nitrogens with zero attached hydrogens (tertiary/aromatic N) is 2. The molecule has 1 fully saturated rings. The molecule has 1 saturated heterocycles. The van der Waals surface area contributed by atoms with Gasteiger partial charge < -0.3 is 9.47 Å². The lowest BCUT2D eigenvalue weighted by atomic mass is 10.1. The minimum atomic E-state index is -0.434. The summed E-state index contributed by atoms with van der Waals surface area (Å²) in [6.45, 7) is 0.400. The van der Waals surface area contributed by atoms with E-state index in [1.807, 2.05) is 36.4 Å². The summed E-state index contributed by atoms with van der Waals surface area (Å²) in [7, 11) is 4.65. The third kappa shape index (κ3) is 4.43. The SMILES string of the molecule is COc1cc(C=C2C(=O)N(C)C(=S)N(C)C2=O)cc(I)c1OCc1ccccc1. The largest absolute Gasteiger partial charge is 0.493 e. The zero-order chi connectivity index (χ0) is 21.1. The van der Waals surface area contributed by atoms with Crippen LogP contribution < -0.4 is 9.47 Å². The van der Waals surface area contributed by atoms with Crippen molar-refractivity contribution in [2.24, 2.45) is 0 Å². The molecule has 0 aromatic heterocycles. The molecule has 3 rings (SSSR count). The van der Waals surface area contributed by atoms with Crippen LogP contribution in [0.2, 0.25) is 0 Å². The molecule has 1 aliphatic heterocycles. The Morgan fingerprint density at radius 1 is 1.07 bits per heavy atom. The summed E-state index contributed by atoms with van der Waals surface area (Å²) in [5.74, 6) is 0.261. The van der Waals surface area contributed by atoms with Crippen LogP contribution >= 0.6 is 34.8 Å². The molecule has 0 radical (unpaired) electrons. The van der Waals surface area contributed by atoms with Crippen molar-refractivity contribution in [3.8, 4) is 11.5 Å². The normalized spacial score (nSPS) is 14.3. The zero-order valence-electron chi connectivity index (χ0n) is 16.1. The second-order valence-corrected chi connectivity index (χ2v) is 7.90. The monoisotopic (exact) mass is 522 g/mol. The highest BCUT2D eigenvalue weighted by atomic mass is 127. The van der Waals surface area contributed by atoms with Crippen LogP contribution in [-0.2, 0) is 16.2 Å². The third-order valence-corrected chi connectivity index (χ3v) is 5.78. The lowest BCUT2D eigenvalue weighted by molar-refractivity contribution is -0.132. The molecule has 1 heterocycles. The smallest absolute Gasteiger partial charge is 0.265 e. The van der Waals surface area contributed by atoms with E-state index in [0.717, 1.165) is 9.13 Å². The molecule has 2 aromatic rings. The van der Waals surface area contributed by atoms with Gasteiger partial charge in [0.1, 0.15) is 12.2 Å². The Labute approximate surface area is 188 Å². The number of hydrogen-bond donors (Lipinski definition) is 0. The summed E-state index contributed by atoms with van der Waals surface area (Å²) < 4.78 is 12.2. The first kappa shape index (κ1) is 21.3. The van der Waals surface area contributed by atoms with Crippen molar-refractivity contribution in [3.63, 3.8) is 0 Å². The van der Waals surface area contributed by atoms with Gasteiger partial charge >= 0.3 is 0 Å². The third-order valence-electron chi connectivity index (χ3n) is 4.43. The van der Waals surface area contributed by atoms with Crippen molar-refractivity contribution >= 4 is 57.8 Å². The van der Waals surface area contributed by atoms with Crippen LogP contribution in [0.25, 0.3) is 6.08 Å². The van der Waals surface area contributed by atoms with E-state index >= 15 is 0 Å². The molecular formula is C21H19IN2O4S. The van der Waals surface area contributed by atoms with Gasteiger partial charge in [0.25, 0.3) is 11.8 Å². The maximum Gasteiger partial charge on any atom is 0.265 e. The average Bonchev–Trinajstić information content (AvgIpc) is 2.73. The van der Waals surface area contributed by atoms with Crippen LogP contribution in [-0.4, -0.2) is 47.9 Å². The van der Waals surface area contributed by atoms with Gasteiger partial charge in [0.2, 0.25) is 0 Å². The summed E-state index contributed by atoms with van der Waals surface area (Å²) in [6, 6.07) is 13.4. The Morgan fingerprint density at radius 3 is 2.28 bits per heavy atom. The predicted molar refractivity (Wildman–Crippen MR) is 123 cm³/mol. The molecule has 0 unspecified atom stereocenters. The van der Waals surface area contributed by atoms with Gasteiger partial charge in [0, 0.05) is 14.1 Å². The van der Waals surface area contributed by atoms with Gasteiger partial charge in [-0.2, -0.15) is 0 Å². The van der Waals surface area contributed by atoms with Gasteiger partial charge in [-0.3, -0.25) is 19.4 Å². The maximum absolute atomic E-state index is 12.5. The van der Waals surface area contributed by atoms with Crippen molar-refractivity contribution in [2.75, 3.05) is 21.2 Å². The van der Waals surface area contributed by atoms with Gasteiger partial charge in [-0.1, -0.05) is 30.3 Å². The van der Waals surface area contributed by atoms with Gasteiger partial charge in [-0.05, 0) is 64.1 Å². The summed E-state index contributed by atoms with van der Waals surface area (Å²) in [4.78, 5) is 27.6. The molecule has 6 nitrogen and oxygen atoms in total. The second kappa shape index (κ2) is 8.91. The average molecular weight is 522 g/mol. The summed E-state index contributed by atoms with van der Waals surface area (Å²) in [6.07, 6.45) is 1.55. The molecule has 2 amide bonds. The molecule has 0 saturated carbocycles. The number of benzene rings is 2. The molecule has 1 aliphatic rings. The Kier molecular flexibility index (Phi) is 6.53. The number of rotatable bonds is 5. The number of halogens is 1. The lowest BCUT2D eigenvalue weighted by Gasteiger charge is -2.31. The van der Waals surface area contributed by atoms with Crippen molar-refractivity contribution < 1.29 is 19.1 Å². The molecule has 0 N–H and O–H groups in total. The second-order valence-electron chi connectivity index (χ2n) is 6.38. The minimum absolute atomic E-state index is 0.0411. The van der Waals surface area contributed by atoms with Crippen molar-refractivity contribution in [2.45, 2.75) is 6.61 Å². The highest BCUT2D eigenvalue weighted by Crippen LogP contribution is 2.35. The number of ether oxygens (including phenoxy) is 2. The maximum atomic E-state index is 12.5. The Morgan fingerprint density at radius 2 is 1.69 bits per heavy atom. The van der Waals surface area contributed by atoms with Gasteiger partial charge in [0.15, 0.2) is 16.6 Å². The van der Waals surface area contributed by atoms with Crippen LogP contribution in [0.3, 0.4) is 0 Å². The van der Waals surface area contributed by atoms with Crippen LogP contribution in [0, 0.1) is 3.57 Å². The Bertz CT molecular complexity index is 981. The number of carbonyl (C=O) groups excluding carboxylic acids is 2. The van der Waals surface area contributed by atoms with Crippen LogP contribution in [0.4, 0.5) is 0 Å². The molecule has 150 valence electrons. The fraction of sp³-hybridized carbons (Fsp3) is 0.190. The van der Waals surface area contributed by atoms with Gasteiger partial charge in [-0.25, -0.2) is 0 Å². The minimum Gasteiger partial charge on any atom is -0.493 e. The number of carbonyl (C=O) groups is 2. The lowest BCUT2D eigenvalue weighted by Crippen LogP contribution is -2.52. The Hall–Kier alpha value is -2.46. The van der Waals surface area contributed by atoms with Crippen LogP contribution in [0.1, 0.15) is 11.1 Å². The first-order chi connectivity index (χ1) is 13.8. The van der Waals surface area contributed by atoms with E-state index in [9.17, 15) is 9.59 Å². The zero-order valence-corrected chi connectivity index (χ0v) is 19.1. The van der Waals surface area contributed by atoms with Crippen LogP contribution in [0.15, 0.2) is 48.0 Å². The standard InChI is InChI=1S/C21H19IN2O4S/c1-23-19(25)15(20(26)24(2)21(23)29)9-14-10-16(22)18(17(11-14)27-3)28-12-13-7-5-4-6-8-13/h4-11H,12H2,1-3H3. The molecule has 0 spiro atoms. The summed E-state index contributed by atoms with van der Waals surface area (Å²) in [5.41, 5.74) is 1.74.